The van der Waals surface area contributed by atoms with E-state index in [1.165, 1.54) is 0 Å². The summed E-state index contributed by atoms with van der Waals surface area (Å²) in [5.74, 6) is -0.157. The summed E-state index contributed by atoms with van der Waals surface area (Å²) < 4.78 is 5.40. The Hall–Kier alpha value is -0.810. The molecule has 0 saturated carbocycles. The molecule has 0 aliphatic rings. The molecule has 6 heteroatoms. The van der Waals surface area contributed by atoms with Gasteiger partial charge in [-0.25, -0.2) is 0 Å². The highest BCUT2D eigenvalue weighted by Crippen LogP contribution is 2.19. The van der Waals surface area contributed by atoms with Crippen molar-refractivity contribution in [2.75, 3.05) is 13.7 Å². The molecule has 0 bridgehead atoms. The van der Waals surface area contributed by atoms with Crippen LogP contribution >= 0.6 is 24.0 Å². The molecule has 2 atom stereocenters. The summed E-state index contributed by atoms with van der Waals surface area (Å²) in [7, 11) is 1.61. The van der Waals surface area contributed by atoms with E-state index >= 15 is 0 Å². The van der Waals surface area contributed by atoms with Crippen molar-refractivity contribution in [3.05, 3.63) is 34.9 Å². The zero-order valence-electron chi connectivity index (χ0n) is 12.7. The lowest BCUT2D eigenvalue weighted by Crippen LogP contribution is -2.52. The fraction of sp³-hybridized carbons (Fsp3) is 0.533. The number of hydrogen-bond acceptors (Lipinski definition) is 3. The van der Waals surface area contributed by atoms with Crippen LogP contribution in [0.3, 0.4) is 0 Å². The SMILES string of the molecule is CCCC(C)(N)C(=O)NCC(OC)c1ccc(Cl)cc1.Cl. The zero-order valence-corrected chi connectivity index (χ0v) is 14.3. The van der Waals surface area contributed by atoms with Crippen molar-refractivity contribution in [3.63, 3.8) is 0 Å². The topological polar surface area (TPSA) is 64.4 Å². The molecule has 1 aromatic carbocycles. The molecule has 1 amide bonds. The monoisotopic (exact) mass is 334 g/mol. The fourth-order valence-corrected chi connectivity index (χ4v) is 2.16. The molecule has 0 spiro atoms. The molecule has 4 nitrogen and oxygen atoms in total. The lowest BCUT2D eigenvalue weighted by atomic mass is 9.96. The predicted molar refractivity (Wildman–Crippen MR) is 89.0 cm³/mol. The van der Waals surface area contributed by atoms with Gasteiger partial charge in [-0.1, -0.05) is 37.1 Å². The maximum atomic E-state index is 12.0. The summed E-state index contributed by atoms with van der Waals surface area (Å²) in [6.45, 7) is 4.13. The predicted octanol–water partition coefficient (Wildman–Crippen LogP) is 3.08. The smallest absolute Gasteiger partial charge is 0.239 e. The molecular formula is C15H24Cl2N2O2. The Morgan fingerprint density at radius 2 is 2.00 bits per heavy atom. The number of hydrogen-bond donors (Lipinski definition) is 2. The van der Waals surface area contributed by atoms with E-state index in [4.69, 9.17) is 22.1 Å². The van der Waals surface area contributed by atoms with Gasteiger partial charge in [0.05, 0.1) is 11.6 Å². The van der Waals surface area contributed by atoms with E-state index in [1.54, 1.807) is 26.2 Å². The first-order chi connectivity index (χ1) is 9.40. The Kier molecular flexibility index (Phi) is 8.90. The summed E-state index contributed by atoms with van der Waals surface area (Å²) >= 11 is 5.85. The number of amides is 1. The summed E-state index contributed by atoms with van der Waals surface area (Å²) in [5.41, 5.74) is 6.11. The largest absolute Gasteiger partial charge is 0.375 e. The van der Waals surface area contributed by atoms with Crippen LogP contribution in [0.2, 0.25) is 5.02 Å². The molecule has 0 aliphatic carbocycles. The highest BCUT2D eigenvalue weighted by atomic mass is 35.5. The third kappa shape index (κ3) is 6.22. The van der Waals surface area contributed by atoms with Crippen LogP contribution in [0.4, 0.5) is 0 Å². The lowest BCUT2D eigenvalue weighted by Gasteiger charge is -2.24. The summed E-state index contributed by atoms with van der Waals surface area (Å²) in [6.07, 6.45) is 1.30. The minimum Gasteiger partial charge on any atom is -0.375 e. The summed E-state index contributed by atoms with van der Waals surface area (Å²) in [5, 5.41) is 3.52. The Balaban J connectivity index is 0.00000400. The molecule has 1 aromatic rings. The first-order valence-electron chi connectivity index (χ1n) is 6.76. The maximum absolute atomic E-state index is 12.0. The van der Waals surface area contributed by atoms with Crippen LogP contribution < -0.4 is 11.1 Å². The van der Waals surface area contributed by atoms with Gasteiger partial charge in [-0.05, 0) is 31.0 Å². The molecule has 0 fully saturated rings. The van der Waals surface area contributed by atoms with Crippen molar-refractivity contribution in [1.82, 2.24) is 5.32 Å². The minimum absolute atomic E-state index is 0. The van der Waals surface area contributed by atoms with Gasteiger partial charge in [0.2, 0.25) is 5.91 Å². The number of halogens is 2. The minimum atomic E-state index is -0.840. The van der Waals surface area contributed by atoms with Crippen LogP contribution in [0.5, 0.6) is 0 Å². The van der Waals surface area contributed by atoms with Gasteiger partial charge in [-0.3, -0.25) is 4.79 Å². The zero-order chi connectivity index (χ0) is 15.2. The number of nitrogens with one attached hydrogen (secondary N) is 1. The van der Waals surface area contributed by atoms with Gasteiger partial charge in [-0.15, -0.1) is 12.4 Å². The van der Waals surface area contributed by atoms with E-state index in [-0.39, 0.29) is 24.4 Å². The summed E-state index contributed by atoms with van der Waals surface area (Å²) in [4.78, 5) is 12.0. The second-order valence-corrected chi connectivity index (χ2v) is 5.59. The van der Waals surface area contributed by atoms with Crippen LogP contribution in [0.25, 0.3) is 0 Å². The molecule has 0 aromatic heterocycles. The first kappa shape index (κ1) is 20.2. The molecule has 120 valence electrons. The van der Waals surface area contributed by atoms with Gasteiger partial charge >= 0.3 is 0 Å². The van der Waals surface area contributed by atoms with Crippen molar-refractivity contribution in [2.45, 2.75) is 38.3 Å². The number of carbonyl (C=O) groups excluding carboxylic acids is 1. The van der Waals surface area contributed by atoms with E-state index in [9.17, 15) is 4.79 Å². The van der Waals surface area contributed by atoms with Crippen LogP contribution in [-0.4, -0.2) is 25.1 Å². The number of ether oxygens (including phenoxy) is 1. The lowest BCUT2D eigenvalue weighted by molar-refractivity contribution is -0.126. The average molecular weight is 335 g/mol. The second kappa shape index (κ2) is 9.26. The Bertz CT molecular complexity index is 436. The van der Waals surface area contributed by atoms with Gasteiger partial charge in [0.25, 0.3) is 0 Å². The number of carbonyl (C=O) groups is 1. The van der Waals surface area contributed by atoms with Crippen molar-refractivity contribution in [1.29, 1.82) is 0 Å². The van der Waals surface area contributed by atoms with Crippen LogP contribution in [0, 0.1) is 0 Å². The summed E-state index contributed by atoms with van der Waals surface area (Å²) in [6, 6.07) is 7.37. The number of benzene rings is 1. The highest BCUT2D eigenvalue weighted by Gasteiger charge is 2.27. The van der Waals surface area contributed by atoms with Crippen molar-refractivity contribution in [3.8, 4) is 0 Å². The average Bonchev–Trinajstić information content (AvgIpc) is 2.41. The van der Waals surface area contributed by atoms with Crippen LogP contribution in [0.1, 0.15) is 38.4 Å². The normalized spacial score (nSPS) is 14.7. The third-order valence-corrected chi connectivity index (χ3v) is 3.51. The van der Waals surface area contributed by atoms with Gasteiger partial charge in [-0.2, -0.15) is 0 Å². The first-order valence-corrected chi connectivity index (χ1v) is 7.14. The van der Waals surface area contributed by atoms with Gasteiger partial charge < -0.3 is 15.8 Å². The molecular weight excluding hydrogens is 311 g/mol. The molecule has 1 rings (SSSR count). The van der Waals surface area contributed by atoms with Gasteiger partial charge in [0.1, 0.15) is 0 Å². The van der Waals surface area contributed by atoms with Crippen molar-refractivity contribution >= 4 is 29.9 Å². The molecule has 0 saturated heterocycles. The molecule has 0 radical (unpaired) electrons. The van der Waals surface area contributed by atoms with E-state index in [2.05, 4.69) is 5.32 Å². The quantitative estimate of drug-likeness (QED) is 0.805. The molecule has 0 aliphatic heterocycles. The molecule has 2 unspecified atom stereocenters. The van der Waals surface area contributed by atoms with Crippen molar-refractivity contribution < 1.29 is 9.53 Å². The molecule has 21 heavy (non-hydrogen) atoms. The van der Waals surface area contributed by atoms with Crippen molar-refractivity contribution in [2.24, 2.45) is 5.73 Å². The number of methoxy groups -OCH3 is 1. The number of rotatable bonds is 7. The van der Waals surface area contributed by atoms with Crippen LogP contribution in [-0.2, 0) is 9.53 Å². The Labute approximate surface area is 137 Å². The Morgan fingerprint density at radius 1 is 1.43 bits per heavy atom. The van der Waals surface area contributed by atoms with E-state index in [0.717, 1.165) is 12.0 Å². The molecule has 3 N–H and O–H groups in total. The second-order valence-electron chi connectivity index (χ2n) is 5.15. The van der Waals surface area contributed by atoms with Gasteiger partial charge in [0.15, 0.2) is 0 Å². The third-order valence-electron chi connectivity index (χ3n) is 3.26. The fourth-order valence-electron chi connectivity index (χ4n) is 2.03. The van der Waals surface area contributed by atoms with Gasteiger partial charge in [0, 0.05) is 18.7 Å². The van der Waals surface area contributed by atoms with E-state index < -0.39 is 5.54 Å². The van der Waals surface area contributed by atoms with E-state index in [1.807, 2.05) is 19.1 Å². The molecule has 0 heterocycles. The maximum Gasteiger partial charge on any atom is 0.239 e. The Morgan fingerprint density at radius 3 is 2.48 bits per heavy atom. The highest BCUT2D eigenvalue weighted by molar-refractivity contribution is 6.30. The van der Waals surface area contributed by atoms with Crippen LogP contribution in [0.15, 0.2) is 24.3 Å². The van der Waals surface area contributed by atoms with E-state index in [0.29, 0.717) is 18.0 Å². The number of nitrogens with two attached hydrogens (primary N) is 1. The standard InChI is InChI=1S/C15H23ClN2O2.ClH/c1-4-9-15(2,17)14(19)18-10-13(20-3)11-5-7-12(16)8-6-11;/h5-8,13H,4,9-10,17H2,1-3H3,(H,18,19);1H.